The summed E-state index contributed by atoms with van der Waals surface area (Å²) in [6, 6.07) is 0.489. The van der Waals surface area contributed by atoms with E-state index in [0.717, 1.165) is 30.2 Å². The van der Waals surface area contributed by atoms with Crippen molar-refractivity contribution in [1.29, 1.82) is 0 Å². The van der Waals surface area contributed by atoms with Crippen LogP contribution in [0.3, 0.4) is 0 Å². The van der Waals surface area contributed by atoms with Gasteiger partial charge in [0, 0.05) is 24.5 Å². The SMILES string of the molecule is Cc1nc(CC(=O)N2CCCC[C@H](N(C)C)C2)cs1. The van der Waals surface area contributed by atoms with Gasteiger partial charge in [-0.25, -0.2) is 4.98 Å². The van der Waals surface area contributed by atoms with E-state index in [4.69, 9.17) is 0 Å². The molecule has 1 amide bonds. The van der Waals surface area contributed by atoms with E-state index in [1.54, 1.807) is 11.3 Å². The van der Waals surface area contributed by atoms with Crippen molar-refractivity contribution in [1.82, 2.24) is 14.8 Å². The molecule has 0 unspecified atom stereocenters. The van der Waals surface area contributed by atoms with Gasteiger partial charge in [0.25, 0.3) is 0 Å². The smallest absolute Gasteiger partial charge is 0.228 e. The summed E-state index contributed by atoms with van der Waals surface area (Å²) in [7, 11) is 4.20. The molecule has 0 aliphatic carbocycles. The van der Waals surface area contributed by atoms with Gasteiger partial charge in [-0.2, -0.15) is 0 Å². The predicted molar refractivity (Wildman–Crippen MR) is 78.5 cm³/mol. The van der Waals surface area contributed by atoms with Crippen molar-refractivity contribution in [2.75, 3.05) is 27.2 Å². The molecule has 19 heavy (non-hydrogen) atoms. The van der Waals surface area contributed by atoms with Crippen LogP contribution in [0.5, 0.6) is 0 Å². The lowest BCUT2D eigenvalue weighted by Gasteiger charge is -2.28. The summed E-state index contributed by atoms with van der Waals surface area (Å²) in [5.74, 6) is 0.221. The average Bonchev–Trinajstić information content (AvgIpc) is 2.65. The Hall–Kier alpha value is -0.940. The predicted octanol–water partition coefficient (Wildman–Crippen LogP) is 1.94. The molecule has 1 saturated heterocycles. The second kappa shape index (κ2) is 6.48. The standard InChI is InChI=1S/C14H23N3OS/c1-11-15-12(10-19-11)8-14(18)17-7-5-4-6-13(9-17)16(2)3/h10,13H,4-9H2,1-3H3/t13-/m0/s1. The van der Waals surface area contributed by atoms with E-state index in [9.17, 15) is 4.79 Å². The molecule has 0 saturated carbocycles. The highest BCUT2D eigenvalue weighted by molar-refractivity contribution is 7.09. The Bertz CT molecular complexity index is 430. The number of hydrogen-bond donors (Lipinski definition) is 0. The molecule has 4 nitrogen and oxygen atoms in total. The summed E-state index contributed by atoms with van der Waals surface area (Å²) in [6.45, 7) is 3.73. The van der Waals surface area contributed by atoms with Gasteiger partial charge >= 0.3 is 0 Å². The molecule has 2 rings (SSSR count). The number of amides is 1. The van der Waals surface area contributed by atoms with Crippen LogP contribution >= 0.6 is 11.3 Å². The van der Waals surface area contributed by atoms with Crippen molar-refractivity contribution in [2.45, 2.75) is 38.6 Å². The lowest BCUT2D eigenvalue weighted by atomic mass is 10.1. The highest BCUT2D eigenvalue weighted by Crippen LogP contribution is 2.16. The molecular weight excluding hydrogens is 258 g/mol. The molecule has 5 heteroatoms. The zero-order valence-electron chi connectivity index (χ0n) is 12.1. The largest absolute Gasteiger partial charge is 0.341 e. The van der Waals surface area contributed by atoms with Gasteiger partial charge in [-0.1, -0.05) is 6.42 Å². The quantitative estimate of drug-likeness (QED) is 0.849. The first-order chi connectivity index (χ1) is 9.06. The number of rotatable bonds is 3. The first kappa shape index (κ1) is 14.5. The van der Waals surface area contributed by atoms with E-state index in [0.29, 0.717) is 12.5 Å². The molecule has 0 aromatic carbocycles. The van der Waals surface area contributed by atoms with Gasteiger partial charge in [0.05, 0.1) is 17.1 Å². The summed E-state index contributed by atoms with van der Waals surface area (Å²) < 4.78 is 0. The summed E-state index contributed by atoms with van der Waals surface area (Å²) >= 11 is 1.61. The lowest BCUT2D eigenvalue weighted by Crippen LogP contribution is -2.42. The van der Waals surface area contributed by atoms with Crippen LogP contribution in [0.1, 0.15) is 30.0 Å². The van der Waals surface area contributed by atoms with E-state index in [1.807, 2.05) is 17.2 Å². The second-order valence-electron chi connectivity index (χ2n) is 5.49. The van der Waals surface area contributed by atoms with Crippen LogP contribution < -0.4 is 0 Å². The molecule has 1 aromatic heterocycles. The minimum Gasteiger partial charge on any atom is -0.341 e. The van der Waals surface area contributed by atoms with Crippen LogP contribution in [-0.2, 0) is 11.2 Å². The van der Waals surface area contributed by atoms with Crippen LogP contribution in [0.25, 0.3) is 0 Å². The van der Waals surface area contributed by atoms with Crippen molar-refractivity contribution in [3.63, 3.8) is 0 Å². The van der Waals surface area contributed by atoms with Gasteiger partial charge in [0.1, 0.15) is 0 Å². The number of nitrogens with zero attached hydrogens (tertiary/aromatic N) is 3. The Morgan fingerprint density at radius 2 is 2.32 bits per heavy atom. The van der Waals surface area contributed by atoms with E-state index in [1.165, 1.54) is 12.8 Å². The number of likely N-dealkylation sites (N-methyl/N-ethyl adjacent to an activating group) is 1. The maximum atomic E-state index is 12.4. The highest BCUT2D eigenvalue weighted by atomic mass is 32.1. The third-order valence-corrected chi connectivity index (χ3v) is 4.55. The molecule has 0 bridgehead atoms. The molecule has 1 aliphatic heterocycles. The molecule has 0 radical (unpaired) electrons. The maximum absolute atomic E-state index is 12.4. The third-order valence-electron chi connectivity index (χ3n) is 3.73. The zero-order chi connectivity index (χ0) is 13.8. The number of hydrogen-bond acceptors (Lipinski definition) is 4. The van der Waals surface area contributed by atoms with Crippen molar-refractivity contribution in [2.24, 2.45) is 0 Å². The van der Waals surface area contributed by atoms with Gasteiger partial charge in [-0.15, -0.1) is 11.3 Å². The summed E-state index contributed by atoms with van der Waals surface area (Å²) in [5, 5.41) is 3.03. The van der Waals surface area contributed by atoms with E-state index < -0.39 is 0 Å². The summed E-state index contributed by atoms with van der Waals surface area (Å²) in [4.78, 5) is 21.0. The van der Waals surface area contributed by atoms with Gasteiger partial charge in [-0.05, 0) is 33.9 Å². The molecule has 1 atom stereocenters. The van der Waals surface area contributed by atoms with Crippen molar-refractivity contribution >= 4 is 17.2 Å². The van der Waals surface area contributed by atoms with Crippen LogP contribution in [0.15, 0.2) is 5.38 Å². The first-order valence-corrected chi connectivity index (χ1v) is 7.79. The number of carbonyl (C=O) groups is 1. The molecule has 0 spiro atoms. The summed E-state index contributed by atoms with van der Waals surface area (Å²) in [6.07, 6.45) is 3.96. The highest BCUT2D eigenvalue weighted by Gasteiger charge is 2.23. The van der Waals surface area contributed by atoms with E-state index in [2.05, 4.69) is 24.0 Å². The number of likely N-dealkylation sites (tertiary alicyclic amines) is 1. The molecule has 106 valence electrons. The normalized spacial score (nSPS) is 20.6. The Morgan fingerprint density at radius 3 is 2.95 bits per heavy atom. The second-order valence-corrected chi connectivity index (χ2v) is 6.55. The van der Waals surface area contributed by atoms with Crippen molar-refractivity contribution < 1.29 is 4.79 Å². The van der Waals surface area contributed by atoms with E-state index >= 15 is 0 Å². The van der Waals surface area contributed by atoms with Crippen LogP contribution in [0, 0.1) is 6.92 Å². The maximum Gasteiger partial charge on any atom is 0.228 e. The van der Waals surface area contributed by atoms with Crippen LogP contribution in [-0.4, -0.2) is 53.9 Å². The van der Waals surface area contributed by atoms with Crippen LogP contribution in [0.4, 0.5) is 0 Å². The Labute approximate surface area is 119 Å². The van der Waals surface area contributed by atoms with Crippen molar-refractivity contribution in [3.05, 3.63) is 16.1 Å². The fraction of sp³-hybridized carbons (Fsp3) is 0.714. The lowest BCUT2D eigenvalue weighted by molar-refractivity contribution is -0.131. The van der Waals surface area contributed by atoms with Crippen molar-refractivity contribution in [3.8, 4) is 0 Å². The topological polar surface area (TPSA) is 36.4 Å². The van der Waals surface area contributed by atoms with Gasteiger partial charge in [-0.3, -0.25) is 4.79 Å². The average molecular weight is 281 g/mol. The monoisotopic (exact) mass is 281 g/mol. The molecule has 1 aromatic rings. The third kappa shape index (κ3) is 4.01. The Morgan fingerprint density at radius 1 is 1.53 bits per heavy atom. The fourth-order valence-corrected chi connectivity index (χ4v) is 3.14. The first-order valence-electron chi connectivity index (χ1n) is 6.91. The summed E-state index contributed by atoms with van der Waals surface area (Å²) in [5.41, 5.74) is 0.915. The van der Waals surface area contributed by atoms with Gasteiger partial charge in [0.15, 0.2) is 0 Å². The molecule has 0 N–H and O–H groups in total. The molecule has 2 heterocycles. The van der Waals surface area contributed by atoms with E-state index in [-0.39, 0.29) is 5.91 Å². The number of aromatic nitrogens is 1. The number of carbonyl (C=O) groups excluding carboxylic acids is 1. The zero-order valence-corrected chi connectivity index (χ0v) is 12.9. The number of aryl methyl sites for hydroxylation is 1. The Kier molecular flexibility index (Phi) is 4.93. The molecular formula is C14H23N3OS. The molecule has 1 fully saturated rings. The number of thiazole rings is 1. The minimum atomic E-state index is 0.221. The Balaban J connectivity index is 1.97. The fourth-order valence-electron chi connectivity index (χ4n) is 2.52. The van der Waals surface area contributed by atoms with Gasteiger partial charge in [0.2, 0.25) is 5.91 Å². The minimum absolute atomic E-state index is 0.221. The van der Waals surface area contributed by atoms with Crippen LogP contribution in [0.2, 0.25) is 0 Å². The molecule has 1 aliphatic rings. The van der Waals surface area contributed by atoms with Gasteiger partial charge < -0.3 is 9.80 Å².